The van der Waals surface area contributed by atoms with Crippen molar-refractivity contribution in [2.75, 3.05) is 0 Å². The van der Waals surface area contributed by atoms with Crippen LogP contribution in [-0.2, 0) is 13.0 Å². The maximum atomic E-state index is 13.2. The van der Waals surface area contributed by atoms with Crippen LogP contribution in [0.5, 0.6) is 0 Å². The highest BCUT2D eigenvalue weighted by Gasteiger charge is 2.23. The van der Waals surface area contributed by atoms with Crippen molar-refractivity contribution in [1.82, 2.24) is 14.5 Å². The van der Waals surface area contributed by atoms with Crippen LogP contribution in [0.1, 0.15) is 17.9 Å². The van der Waals surface area contributed by atoms with Gasteiger partial charge in [-0.15, -0.1) is 0 Å². The molecule has 1 aliphatic rings. The molecule has 0 spiro atoms. The Morgan fingerprint density at radius 3 is 2.68 bits per heavy atom. The van der Waals surface area contributed by atoms with E-state index >= 15 is 0 Å². The van der Waals surface area contributed by atoms with Crippen molar-refractivity contribution in [3.8, 4) is 22.5 Å². The Bertz CT molecular complexity index is 834. The molecule has 2 aromatic heterocycles. The van der Waals surface area contributed by atoms with Gasteiger partial charge in [-0.05, 0) is 49.7 Å². The second-order valence-electron chi connectivity index (χ2n) is 5.67. The molecule has 0 saturated heterocycles. The van der Waals surface area contributed by atoms with E-state index in [-0.39, 0.29) is 5.82 Å². The Morgan fingerprint density at radius 2 is 1.91 bits per heavy atom. The minimum absolute atomic E-state index is 0.225. The molecule has 0 bridgehead atoms. The number of pyridine rings is 1. The number of hydrogen-bond donors (Lipinski definition) is 0. The number of rotatable bonds is 2. The molecule has 0 radical (unpaired) electrons. The van der Waals surface area contributed by atoms with Crippen LogP contribution in [0.3, 0.4) is 0 Å². The summed E-state index contributed by atoms with van der Waals surface area (Å²) in [5.41, 5.74) is 5.10. The zero-order chi connectivity index (χ0) is 15.1. The lowest BCUT2D eigenvalue weighted by molar-refractivity contribution is 0.628. The Labute approximate surface area is 128 Å². The highest BCUT2D eigenvalue weighted by Crippen LogP contribution is 2.35. The van der Waals surface area contributed by atoms with Crippen molar-refractivity contribution < 1.29 is 4.39 Å². The van der Waals surface area contributed by atoms with Gasteiger partial charge in [0.1, 0.15) is 11.6 Å². The van der Waals surface area contributed by atoms with Gasteiger partial charge in [-0.25, -0.2) is 9.37 Å². The molecule has 0 saturated carbocycles. The van der Waals surface area contributed by atoms with Gasteiger partial charge < -0.3 is 4.57 Å². The van der Waals surface area contributed by atoms with E-state index in [1.54, 1.807) is 12.1 Å². The van der Waals surface area contributed by atoms with Gasteiger partial charge in [0.25, 0.3) is 0 Å². The Hall–Kier alpha value is -2.49. The van der Waals surface area contributed by atoms with Crippen molar-refractivity contribution >= 4 is 0 Å². The van der Waals surface area contributed by atoms with Crippen LogP contribution in [0.15, 0.2) is 42.6 Å². The summed E-state index contributed by atoms with van der Waals surface area (Å²) in [5, 5.41) is 0. The van der Waals surface area contributed by atoms with E-state index in [1.807, 2.05) is 19.2 Å². The fourth-order valence-corrected chi connectivity index (χ4v) is 3.12. The number of nitrogens with zero attached hydrogens (tertiary/aromatic N) is 3. The average Bonchev–Trinajstić information content (AvgIpc) is 3.08. The molecular formula is C18H16FN3. The fourth-order valence-electron chi connectivity index (χ4n) is 3.12. The number of halogens is 1. The summed E-state index contributed by atoms with van der Waals surface area (Å²) in [6.45, 7) is 2.97. The number of aryl methyl sites for hydroxylation is 2. The lowest BCUT2D eigenvalue weighted by atomic mass is 10.0. The van der Waals surface area contributed by atoms with Crippen LogP contribution in [0, 0.1) is 12.7 Å². The molecule has 0 amide bonds. The number of hydrogen-bond acceptors (Lipinski definition) is 2. The molecule has 3 nitrogen and oxygen atoms in total. The first-order chi connectivity index (χ1) is 10.7. The van der Waals surface area contributed by atoms with Crippen LogP contribution in [-0.4, -0.2) is 14.5 Å². The fraction of sp³-hybridized carbons (Fsp3) is 0.222. The lowest BCUT2D eigenvalue weighted by Crippen LogP contribution is -1.97. The summed E-state index contributed by atoms with van der Waals surface area (Å²) in [7, 11) is 0. The number of imidazole rings is 1. The molecule has 3 heterocycles. The maximum Gasteiger partial charge on any atom is 0.123 e. The third-order valence-electron chi connectivity index (χ3n) is 4.12. The molecule has 22 heavy (non-hydrogen) atoms. The Morgan fingerprint density at radius 1 is 1.09 bits per heavy atom. The van der Waals surface area contributed by atoms with E-state index in [0.717, 1.165) is 53.4 Å². The maximum absolute atomic E-state index is 13.2. The quantitative estimate of drug-likeness (QED) is 0.715. The topological polar surface area (TPSA) is 30.7 Å². The largest absolute Gasteiger partial charge is 0.327 e. The summed E-state index contributed by atoms with van der Waals surface area (Å²) in [4.78, 5) is 9.09. The van der Waals surface area contributed by atoms with Crippen LogP contribution in [0.4, 0.5) is 4.39 Å². The van der Waals surface area contributed by atoms with E-state index in [4.69, 9.17) is 4.98 Å². The molecule has 0 fully saturated rings. The smallest absolute Gasteiger partial charge is 0.123 e. The van der Waals surface area contributed by atoms with E-state index in [2.05, 4.69) is 15.6 Å². The molecule has 0 atom stereocenters. The second kappa shape index (κ2) is 5.05. The number of fused-ring (bicyclic) bond motifs is 1. The predicted molar refractivity (Wildman–Crippen MR) is 83.9 cm³/mol. The molecular weight excluding hydrogens is 277 g/mol. The number of aromatic nitrogens is 3. The molecule has 0 unspecified atom stereocenters. The monoisotopic (exact) mass is 293 g/mol. The molecule has 3 aromatic rings. The average molecular weight is 293 g/mol. The zero-order valence-electron chi connectivity index (χ0n) is 12.4. The van der Waals surface area contributed by atoms with E-state index in [0.29, 0.717) is 0 Å². The van der Waals surface area contributed by atoms with Gasteiger partial charge in [0, 0.05) is 36.0 Å². The Kier molecular flexibility index (Phi) is 3.03. The van der Waals surface area contributed by atoms with E-state index < -0.39 is 0 Å². The van der Waals surface area contributed by atoms with Gasteiger partial charge in [-0.2, -0.15) is 0 Å². The summed E-state index contributed by atoms with van der Waals surface area (Å²) < 4.78 is 15.5. The first kappa shape index (κ1) is 13.2. The zero-order valence-corrected chi connectivity index (χ0v) is 12.4. The summed E-state index contributed by atoms with van der Waals surface area (Å²) >= 11 is 0. The van der Waals surface area contributed by atoms with Crippen LogP contribution >= 0.6 is 0 Å². The van der Waals surface area contributed by atoms with Crippen molar-refractivity contribution in [1.29, 1.82) is 0 Å². The standard InChI is InChI=1S/C18H16FN3/c1-12-11-14(8-9-20-12)18-17(13-4-6-15(19)7-5-13)21-16-3-2-10-22(16)18/h4-9,11H,2-3,10H2,1H3. The van der Waals surface area contributed by atoms with E-state index in [1.165, 1.54) is 12.1 Å². The summed E-state index contributed by atoms with van der Waals surface area (Å²) in [5.74, 6) is 0.889. The molecule has 0 aliphatic carbocycles. The van der Waals surface area contributed by atoms with Gasteiger partial charge in [-0.3, -0.25) is 4.98 Å². The van der Waals surface area contributed by atoms with Crippen molar-refractivity contribution in [2.45, 2.75) is 26.3 Å². The van der Waals surface area contributed by atoms with Gasteiger partial charge in [0.05, 0.1) is 11.4 Å². The minimum atomic E-state index is -0.225. The third kappa shape index (κ3) is 2.11. The van der Waals surface area contributed by atoms with Gasteiger partial charge in [0.2, 0.25) is 0 Å². The lowest BCUT2D eigenvalue weighted by Gasteiger charge is -2.09. The molecule has 1 aliphatic heterocycles. The predicted octanol–water partition coefficient (Wildman–Crippen LogP) is 4.01. The van der Waals surface area contributed by atoms with Gasteiger partial charge in [0.15, 0.2) is 0 Å². The molecule has 0 N–H and O–H groups in total. The van der Waals surface area contributed by atoms with E-state index in [9.17, 15) is 4.39 Å². The first-order valence-electron chi connectivity index (χ1n) is 7.51. The summed E-state index contributed by atoms with van der Waals surface area (Å²) in [6, 6.07) is 10.7. The van der Waals surface area contributed by atoms with Crippen molar-refractivity contribution in [2.24, 2.45) is 0 Å². The first-order valence-corrected chi connectivity index (χ1v) is 7.51. The van der Waals surface area contributed by atoms with Crippen molar-refractivity contribution in [3.05, 3.63) is 59.9 Å². The molecule has 1 aromatic carbocycles. The normalized spacial score (nSPS) is 13.4. The van der Waals surface area contributed by atoms with Crippen LogP contribution in [0.25, 0.3) is 22.5 Å². The molecule has 4 rings (SSSR count). The van der Waals surface area contributed by atoms with Gasteiger partial charge >= 0.3 is 0 Å². The van der Waals surface area contributed by atoms with Crippen LogP contribution in [0.2, 0.25) is 0 Å². The summed E-state index contributed by atoms with van der Waals surface area (Å²) in [6.07, 6.45) is 3.95. The highest BCUT2D eigenvalue weighted by molar-refractivity contribution is 5.79. The van der Waals surface area contributed by atoms with Crippen molar-refractivity contribution in [3.63, 3.8) is 0 Å². The SMILES string of the molecule is Cc1cc(-c2c(-c3ccc(F)cc3)nc3n2CCC3)ccn1. The van der Waals surface area contributed by atoms with Crippen LogP contribution < -0.4 is 0 Å². The Balaban J connectivity index is 1.94. The third-order valence-corrected chi connectivity index (χ3v) is 4.12. The minimum Gasteiger partial charge on any atom is -0.327 e. The second-order valence-corrected chi connectivity index (χ2v) is 5.67. The number of benzene rings is 1. The molecule has 4 heteroatoms. The highest BCUT2D eigenvalue weighted by atomic mass is 19.1. The molecule has 110 valence electrons. The van der Waals surface area contributed by atoms with Gasteiger partial charge in [-0.1, -0.05) is 0 Å².